The first-order valence-electron chi connectivity index (χ1n) is 5.71. The second kappa shape index (κ2) is 4.63. The molecule has 1 saturated carbocycles. The lowest BCUT2D eigenvalue weighted by atomic mass is 10.2. The van der Waals surface area contributed by atoms with Gasteiger partial charge in [0.15, 0.2) is 5.82 Å². The number of hydrogen-bond donors (Lipinski definition) is 1. The molecule has 0 radical (unpaired) electrons. The molecule has 2 atom stereocenters. The minimum Gasteiger partial charge on any atom is -0.481 e. The van der Waals surface area contributed by atoms with E-state index in [1.165, 1.54) is 0 Å². The molecule has 1 N–H and O–H groups in total. The highest BCUT2D eigenvalue weighted by molar-refractivity contribution is 5.66. The van der Waals surface area contributed by atoms with Gasteiger partial charge in [-0.2, -0.15) is 4.98 Å². The number of carbonyl (C=O) groups is 1. The van der Waals surface area contributed by atoms with Crippen LogP contribution in [0.1, 0.15) is 50.2 Å². The number of hydrogen-bond acceptors (Lipinski definition) is 4. The van der Waals surface area contributed by atoms with Gasteiger partial charge in [0, 0.05) is 18.8 Å². The first-order valence-corrected chi connectivity index (χ1v) is 5.71. The van der Waals surface area contributed by atoms with Crippen molar-refractivity contribution in [2.45, 2.75) is 44.9 Å². The maximum Gasteiger partial charge on any atom is 0.303 e. The Bertz CT molecular complexity index is 375. The smallest absolute Gasteiger partial charge is 0.303 e. The lowest BCUT2D eigenvalue weighted by Gasteiger charge is -1.93. The summed E-state index contributed by atoms with van der Waals surface area (Å²) in [7, 11) is 0. The number of carboxylic acid groups (broad SMARTS) is 1. The van der Waals surface area contributed by atoms with Gasteiger partial charge in [-0.25, -0.2) is 0 Å². The van der Waals surface area contributed by atoms with Gasteiger partial charge >= 0.3 is 5.97 Å². The van der Waals surface area contributed by atoms with E-state index in [0.29, 0.717) is 30.6 Å². The Morgan fingerprint density at radius 1 is 1.56 bits per heavy atom. The van der Waals surface area contributed by atoms with Crippen molar-refractivity contribution >= 4 is 5.97 Å². The van der Waals surface area contributed by atoms with Crippen LogP contribution in [0.2, 0.25) is 0 Å². The molecule has 2 rings (SSSR count). The van der Waals surface area contributed by atoms with Crippen molar-refractivity contribution in [3.05, 3.63) is 11.7 Å². The highest BCUT2D eigenvalue weighted by Crippen LogP contribution is 2.45. The van der Waals surface area contributed by atoms with Gasteiger partial charge in [-0.1, -0.05) is 12.1 Å². The molecule has 2 unspecified atom stereocenters. The maximum absolute atomic E-state index is 10.3. The summed E-state index contributed by atoms with van der Waals surface area (Å²) in [6, 6.07) is 0. The Kier molecular flexibility index (Phi) is 3.22. The molecule has 0 bridgehead atoms. The summed E-state index contributed by atoms with van der Waals surface area (Å²) in [5.74, 6) is 1.87. The number of aliphatic carboxylic acids is 1. The number of nitrogens with zero attached hydrogens (tertiary/aromatic N) is 2. The van der Waals surface area contributed by atoms with Crippen LogP contribution in [0.15, 0.2) is 4.52 Å². The Hall–Kier alpha value is -1.39. The molecule has 1 aromatic rings. The second-order valence-electron chi connectivity index (χ2n) is 4.47. The Labute approximate surface area is 93.9 Å². The van der Waals surface area contributed by atoms with E-state index in [0.717, 1.165) is 18.7 Å². The molecule has 5 heteroatoms. The quantitative estimate of drug-likeness (QED) is 0.748. The maximum atomic E-state index is 10.3. The Balaban J connectivity index is 1.73. The lowest BCUT2D eigenvalue weighted by molar-refractivity contribution is -0.137. The molecule has 5 nitrogen and oxygen atoms in total. The van der Waals surface area contributed by atoms with Crippen LogP contribution in [0.4, 0.5) is 0 Å². The molecule has 1 aromatic heterocycles. The van der Waals surface area contributed by atoms with E-state index in [9.17, 15) is 4.79 Å². The molecule has 0 saturated heterocycles. The van der Waals surface area contributed by atoms with E-state index in [-0.39, 0.29) is 6.42 Å². The van der Waals surface area contributed by atoms with Crippen molar-refractivity contribution in [3.63, 3.8) is 0 Å². The third kappa shape index (κ3) is 2.81. The van der Waals surface area contributed by atoms with Crippen LogP contribution in [0.5, 0.6) is 0 Å². The van der Waals surface area contributed by atoms with Gasteiger partial charge in [-0.05, 0) is 25.2 Å². The molecule has 1 aliphatic rings. The minimum absolute atomic E-state index is 0.209. The SMILES string of the molecule is CC1CC1c1noc(CCCCC(=O)O)n1. The van der Waals surface area contributed by atoms with E-state index < -0.39 is 5.97 Å². The molecule has 0 amide bonds. The predicted molar refractivity (Wildman–Crippen MR) is 56.0 cm³/mol. The number of aryl methyl sites for hydroxylation is 1. The van der Waals surface area contributed by atoms with Gasteiger partial charge in [0.25, 0.3) is 0 Å². The van der Waals surface area contributed by atoms with E-state index >= 15 is 0 Å². The average molecular weight is 224 g/mol. The highest BCUT2D eigenvalue weighted by Gasteiger charge is 2.37. The summed E-state index contributed by atoms with van der Waals surface area (Å²) in [6.45, 7) is 2.17. The Morgan fingerprint density at radius 2 is 2.31 bits per heavy atom. The zero-order chi connectivity index (χ0) is 11.5. The second-order valence-corrected chi connectivity index (χ2v) is 4.47. The van der Waals surface area contributed by atoms with Gasteiger partial charge < -0.3 is 9.63 Å². The third-order valence-electron chi connectivity index (χ3n) is 2.96. The van der Waals surface area contributed by atoms with Gasteiger partial charge in [-0.15, -0.1) is 0 Å². The van der Waals surface area contributed by atoms with Gasteiger partial charge in [0.05, 0.1) is 0 Å². The summed E-state index contributed by atoms with van der Waals surface area (Å²) in [4.78, 5) is 14.6. The van der Waals surface area contributed by atoms with Crippen molar-refractivity contribution in [2.24, 2.45) is 5.92 Å². The summed E-state index contributed by atoms with van der Waals surface area (Å²) in [5.41, 5.74) is 0. The zero-order valence-electron chi connectivity index (χ0n) is 9.35. The minimum atomic E-state index is -0.752. The monoisotopic (exact) mass is 224 g/mol. The van der Waals surface area contributed by atoms with Crippen LogP contribution in [0, 0.1) is 5.92 Å². The van der Waals surface area contributed by atoms with Crippen molar-refractivity contribution in [1.29, 1.82) is 0 Å². The fourth-order valence-electron chi connectivity index (χ4n) is 1.75. The first-order chi connectivity index (χ1) is 7.66. The van der Waals surface area contributed by atoms with Crippen molar-refractivity contribution in [3.8, 4) is 0 Å². The van der Waals surface area contributed by atoms with E-state index in [1.54, 1.807) is 0 Å². The predicted octanol–water partition coefficient (Wildman–Crippen LogP) is 1.99. The van der Waals surface area contributed by atoms with Crippen LogP contribution in [0.25, 0.3) is 0 Å². The molecular weight excluding hydrogens is 208 g/mol. The normalized spacial score (nSPS) is 23.3. The topological polar surface area (TPSA) is 76.2 Å². The van der Waals surface area contributed by atoms with Gasteiger partial charge in [0.2, 0.25) is 5.89 Å². The standard InChI is InChI=1S/C11H16N2O3/c1-7-6-8(7)11-12-9(16-13-11)4-2-3-5-10(14)15/h7-8H,2-6H2,1H3,(H,14,15). The molecule has 1 aliphatic carbocycles. The van der Waals surface area contributed by atoms with E-state index in [2.05, 4.69) is 17.1 Å². The van der Waals surface area contributed by atoms with Crippen LogP contribution in [-0.2, 0) is 11.2 Å². The average Bonchev–Trinajstić information content (AvgIpc) is 2.79. The summed E-state index contributed by atoms with van der Waals surface area (Å²) < 4.78 is 5.11. The number of aromatic nitrogens is 2. The van der Waals surface area contributed by atoms with Crippen LogP contribution < -0.4 is 0 Å². The summed E-state index contributed by atoms with van der Waals surface area (Å²) in [6.07, 6.45) is 3.49. The van der Waals surface area contributed by atoms with Gasteiger partial charge in [-0.3, -0.25) is 4.79 Å². The van der Waals surface area contributed by atoms with Gasteiger partial charge in [0.1, 0.15) is 0 Å². The van der Waals surface area contributed by atoms with Crippen molar-refractivity contribution in [1.82, 2.24) is 10.1 Å². The molecular formula is C11H16N2O3. The molecule has 16 heavy (non-hydrogen) atoms. The number of carboxylic acids is 1. The van der Waals surface area contributed by atoms with Crippen molar-refractivity contribution < 1.29 is 14.4 Å². The molecule has 88 valence electrons. The number of unbranched alkanes of at least 4 members (excludes halogenated alkanes) is 1. The largest absolute Gasteiger partial charge is 0.481 e. The molecule has 1 heterocycles. The molecule has 1 fully saturated rings. The van der Waals surface area contributed by atoms with E-state index in [4.69, 9.17) is 9.63 Å². The molecule has 0 aromatic carbocycles. The fraction of sp³-hybridized carbons (Fsp3) is 0.727. The molecule has 0 spiro atoms. The third-order valence-corrected chi connectivity index (χ3v) is 2.96. The zero-order valence-corrected chi connectivity index (χ0v) is 9.35. The van der Waals surface area contributed by atoms with Crippen LogP contribution >= 0.6 is 0 Å². The molecule has 0 aliphatic heterocycles. The fourth-order valence-corrected chi connectivity index (χ4v) is 1.75. The summed E-state index contributed by atoms with van der Waals surface area (Å²) >= 11 is 0. The van der Waals surface area contributed by atoms with E-state index in [1.807, 2.05) is 0 Å². The number of rotatable bonds is 6. The van der Waals surface area contributed by atoms with Crippen LogP contribution in [-0.4, -0.2) is 21.2 Å². The Morgan fingerprint density at radius 3 is 2.94 bits per heavy atom. The highest BCUT2D eigenvalue weighted by atomic mass is 16.5. The first kappa shape index (κ1) is 11.1. The van der Waals surface area contributed by atoms with Crippen molar-refractivity contribution in [2.75, 3.05) is 0 Å². The van der Waals surface area contributed by atoms with Crippen LogP contribution in [0.3, 0.4) is 0 Å². The lowest BCUT2D eigenvalue weighted by Crippen LogP contribution is -1.95. The summed E-state index contributed by atoms with van der Waals surface area (Å²) in [5, 5.41) is 12.4.